The second kappa shape index (κ2) is 5.59. The third kappa shape index (κ3) is 3.07. The molecule has 1 fully saturated rings. The Labute approximate surface area is 121 Å². The number of rotatable bonds is 2. The highest BCUT2D eigenvalue weighted by molar-refractivity contribution is 5.44. The molecule has 116 valence electrons. The number of fused-ring (bicyclic) bond motifs is 1. The van der Waals surface area contributed by atoms with Gasteiger partial charge in [0.25, 0.3) is 0 Å². The van der Waals surface area contributed by atoms with Crippen LogP contribution in [-0.4, -0.2) is 23.1 Å². The molecule has 6 heteroatoms. The van der Waals surface area contributed by atoms with Crippen LogP contribution in [0, 0.1) is 0 Å². The third-order valence-corrected chi connectivity index (χ3v) is 4.27. The van der Waals surface area contributed by atoms with Crippen molar-refractivity contribution in [1.82, 2.24) is 10.2 Å². The molecule has 1 atom stereocenters. The van der Waals surface area contributed by atoms with Crippen molar-refractivity contribution < 1.29 is 18.3 Å². The minimum Gasteiger partial charge on any atom is -0.374 e. The van der Waals surface area contributed by atoms with Crippen molar-refractivity contribution in [1.29, 1.82) is 0 Å². The summed E-state index contributed by atoms with van der Waals surface area (Å²) < 4.78 is 39.6. The number of nitrogens with one attached hydrogen (secondary N) is 1. The van der Waals surface area contributed by atoms with Crippen molar-refractivity contribution in [2.24, 2.45) is 0 Å². The van der Waals surface area contributed by atoms with Crippen LogP contribution in [0.1, 0.15) is 47.7 Å². The van der Waals surface area contributed by atoms with Gasteiger partial charge in [0.05, 0.1) is 5.56 Å². The molecule has 3 nitrogen and oxygen atoms in total. The summed E-state index contributed by atoms with van der Waals surface area (Å²) in [6.45, 7) is 2.44. The van der Waals surface area contributed by atoms with Gasteiger partial charge in [-0.3, -0.25) is 10.2 Å². The van der Waals surface area contributed by atoms with Gasteiger partial charge in [-0.1, -0.05) is 12.5 Å². The van der Waals surface area contributed by atoms with Gasteiger partial charge >= 0.3 is 6.18 Å². The van der Waals surface area contributed by atoms with E-state index in [1.807, 2.05) is 0 Å². The molecule has 0 aromatic heterocycles. The van der Waals surface area contributed by atoms with Gasteiger partial charge < -0.3 is 5.11 Å². The normalized spacial score (nSPS) is 23.3. The standard InChI is InChI=1S/C15H19F3N2O/c16-15(17,18)13-7-10(9-20-4-2-1-3-5-20)6-11-12(13)8-19-14(11)21/h6-7,14,19,21H,1-5,8-9H2. The van der Waals surface area contributed by atoms with Crippen molar-refractivity contribution >= 4 is 0 Å². The predicted molar refractivity (Wildman–Crippen MR) is 72.4 cm³/mol. The number of hydrogen-bond acceptors (Lipinski definition) is 3. The van der Waals surface area contributed by atoms with Gasteiger partial charge in [-0.05, 0) is 43.1 Å². The highest BCUT2D eigenvalue weighted by Crippen LogP contribution is 2.38. The van der Waals surface area contributed by atoms with Crippen LogP contribution < -0.4 is 5.32 Å². The van der Waals surface area contributed by atoms with Crippen LogP contribution in [0.3, 0.4) is 0 Å². The summed E-state index contributed by atoms with van der Waals surface area (Å²) in [6, 6.07) is 2.96. The zero-order valence-electron chi connectivity index (χ0n) is 11.7. The van der Waals surface area contributed by atoms with E-state index < -0.39 is 18.0 Å². The van der Waals surface area contributed by atoms with Gasteiger partial charge in [0, 0.05) is 18.7 Å². The van der Waals surface area contributed by atoms with E-state index >= 15 is 0 Å². The summed E-state index contributed by atoms with van der Waals surface area (Å²) in [7, 11) is 0. The summed E-state index contributed by atoms with van der Waals surface area (Å²) >= 11 is 0. The summed E-state index contributed by atoms with van der Waals surface area (Å²) in [5.74, 6) is 0. The summed E-state index contributed by atoms with van der Waals surface area (Å²) in [5, 5.41) is 12.5. The molecular weight excluding hydrogens is 281 g/mol. The Bertz CT molecular complexity index is 524. The van der Waals surface area contributed by atoms with Crippen LogP contribution in [0.25, 0.3) is 0 Å². The molecule has 1 unspecified atom stereocenters. The number of alkyl halides is 3. The number of nitrogens with zero attached hydrogens (tertiary/aromatic N) is 1. The van der Waals surface area contributed by atoms with Crippen molar-refractivity contribution in [3.8, 4) is 0 Å². The molecule has 2 heterocycles. The van der Waals surface area contributed by atoms with Crippen molar-refractivity contribution in [3.05, 3.63) is 34.4 Å². The fourth-order valence-corrected chi connectivity index (χ4v) is 3.23. The number of halogens is 3. The lowest BCUT2D eigenvalue weighted by Gasteiger charge is -2.27. The van der Waals surface area contributed by atoms with Crippen LogP contribution >= 0.6 is 0 Å². The lowest BCUT2D eigenvalue weighted by atomic mass is 9.98. The number of hydrogen-bond donors (Lipinski definition) is 2. The lowest BCUT2D eigenvalue weighted by molar-refractivity contribution is -0.138. The first-order chi connectivity index (χ1) is 9.95. The topological polar surface area (TPSA) is 35.5 Å². The molecule has 1 saturated heterocycles. The van der Waals surface area contributed by atoms with E-state index in [4.69, 9.17) is 0 Å². The van der Waals surface area contributed by atoms with E-state index in [0.717, 1.165) is 25.9 Å². The fourth-order valence-electron chi connectivity index (χ4n) is 3.23. The molecule has 1 aromatic carbocycles. The van der Waals surface area contributed by atoms with Crippen LogP contribution in [0.15, 0.2) is 12.1 Å². The zero-order valence-corrected chi connectivity index (χ0v) is 11.7. The van der Waals surface area contributed by atoms with Gasteiger partial charge in [0.2, 0.25) is 0 Å². The molecule has 2 N–H and O–H groups in total. The van der Waals surface area contributed by atoms with Crippen LogP contribution in [-0.2, 0) is 19.3 Å². The van der Waals surface area contributed by atoms with Gasteiger partial charge in [0.15, 0.2) is 0 Å². The minimum absolute atomic E-state index is 0.0648. The average molecular weight is 300 g/mol. The van der Waals surface area contributed by atoms with Crippen LogP contribution in [0.2, 0.25) is 0 Å². The fraction of sp³-hybridized carbons (Fsp3) is 0.600. The molecule has 0 spiro atoms. The number of aliphatic hydroxyl groups excluding tert-OH is 1. The molecule has 0 saturated carbocycles. The third-order valence-electron chi connectivity index (χ3n) is 4.27. The van der Waals surface area contributed by atoms with E-state index in [9.17, 15) is 18.3 Å². The van der Waals surface area contributed by atoms with E-state index in [1.54, 1.807) is 6.07 Å². The molecule has 2 aliphatic heterocycles. The first kappa shape index (κ1) is 14.8. The Kier molecular flexibility index (Phi) is 3.94. The Morgan fingerprint density at radius 3 is 2.57 bits per heavy atom. The SMILES string of the molecule is OC1NCc2c1cc(CN1CCCCC1)cc2C(F)(F)F. The first-order valence-corrected chi connectivity index (χ1v) is 7.32. The predicted octanol–water partition coefficient (Wildman–Crippen LogP) is 2.79. The monoisotopic (exact) mass is 300 g/mol. The quantitative estimate of drug-likeness (QED) is 0.881. The van der Waals surface area contributed by atoms with E-state index in [2.05, 4.69) is 10.2 Å². The first-order valence-electron chi connectivity index (χ1n) is 7.32. The smallest absolute Gasteiger partial charge is 0.374 e. The number of piperidine rings is 1. The van der Waals surface area contributed by atoms with Crippen LogP contribution in [0.5, 0.6) is 0 Å². The highest BCUT2D eigenvalue weighted by Gasteiger charge is 2.37. The van der Waals surface area contributed by atoms with E-state index in [1.165, 1.54) is 12.5 Å². The maximum absolute atomic E-state index is 13.2. The Morgan fingerprint density at radius 1 is 1.19 bits per heavy atom. The van der Waals surface area contributed by atoms with Gasteiger partial charge in [0.1, 0.15) is 6.23 Å². The molecule has 21 heavy (non-hydrogen) atoms. The van der Waals surface area contributed by atoms with Gasteiger partial charge in [-0.2, -0.15) is 13.2 Å². The molecule has 0 amide bonds. The van der Waals surface area contributed by atoms with E-state index in [-0.39, 0.29) is 12.1 Å². The molecule has 0 aliphatic carbocycles. The van der Waals surface area contributed by atoms with Crippen molar-refractivity contribution in [2.45, 2.75) is 44.8 Å². The van der Waals surface area contributed by atoms with Crippen molar-refractivity contribution in [3.63, 3.8) is 0 Å². The molecule has 0 radical (unpaired) electrons. The Morgan fingerprint density at radius 2 is 1.90 bits per heavy atom. The van der Waals surface area contributed by atoms with Crippen LogP contribution in [0.4, 0.5) is 13.2 Å². The number of likely N-dealkylation sites (tertiary alicyclic amines) is 1. The van der Waals surface area contributed by atoms with Crippen molar-refractivity contribution in [2.75, 3.05) is 13.1 Å². The minimum atomic E-state index is -4.38. The molecule has 1 aromatic rings. The zero-order chi connectivity index (χ0) is 15.0. The second-order valence-corrected chi connectivity index (χ2v) is 5.83. The highest BCUT2D eigenvalue weighted by atomic mass is 19.4. The number of aliphatic hydroxyl groups is 1. The van der Waals surface area contributed by atoms with Gasteiger partial charge in [-0.15, -0.1) is 0 Å². The molecular formula is C15H19F3N2O. The van der Waals surface area contributed by atoms with Gasteiger partial charge in [-0.25, -0.2) is 0 Å². The molecule has 2 aliphatic rings. The summed E-state index contributed by atoms with van der Waals surface area (Å²) in [4.78, 5) is 2.18. The Balaban J connectivity index is 1.92. The Hall–Kier alpha value is -1.11. The lowest BCUT2D eigenvalue weighted by Crippen LogP contribution is -2.29. The largest absolute Gasteiger partial charge is 0.416 e. The summed E-state index contributed by atoms with van der Waals surface area (Å²) in [5.41, 5.74) is 0.566. The summed E-state index contributed by atoms with van der Waals surface area (Å²) in [6.07, 6.45) is -1.99. The molecule has 0 bridgehead atoms. The molecule has 3 rings (SSSR count). The van der Waals surface area contributed by atoms with E-state index in [0.29, 0.717) is 17.7 Å². The maximum Gasteiger partial charge on any atom is 0.416 e. The second-order valence-electron chi connectivity index (χ2n) is 5.83. The average Bonchev–Trinajstić information content (AvgIpc) is 2.80. The number of benzene rings is 1. The maximum atomic E-state index is 13.2.